The van der Waals surface area contributed by atoms with Crippen LogP contribution < -0.4 is 10.2 Å². The summed E-state index contributed by atoms with van der Waals surface area (Å²) in [6.45, 7) is 9.51. The quantitative estimate of drug-likeness (QED) is 0.649. The van der Waals surface area contributed by atoms with Crippen molar-refractivity contribution in [2.75, 3.05) is 50.7 Å². The van der Waals surface area contributed by atoms with Gasteiger partial charge in [0.2, 0.25) is 5.91 Å². The third-order valence-corrected chi connectivity index (χ3v) is 6.44. The zero-order valence-electron chi connectivity index (χ0n) is 19.1. The van der Waals surface area contributed by atoms with Crippen LogP contribution in [0.15, 0.2) is 48.5 Å². The third-order valence-electron chi connectivity index (χ3n) is 6.44. The van der Waals surface area contributed by atoms with Crippen molar-refractivity contribution in [3.63, 3.8) is 0 Å². The lowest BCUT2D eigenvalue weighted by molar-refractivity contribution is -0.128. The molecular formula is C26H34N4O2. The Labute approximate surface area is 191 Å². The van der Waals surface area contributed by atoms with E-state index in [4.69, 9.17) is 0 Å². The first-order valence-corrected chi connectivity index (χ1v) is 11.8. The first-order chi connectivity index (χ1) is 15.6. The smallest absolute Gasteiger partial charge is 0.251 e. The van der Waals surface area contributed by atoms with Crippen LogP contribution in [-0.4, -0.2) is 67.4 Å². The summed E-state index contributed by atoms with van der Waals surface area (Å²) in [5, 5.41) is 3.04. The van der Waals surface area contributed by atoms with E-state index in [0.29, 0.717) is 25.1 Å². The predicted octanol–water partition coefficient (Wildman–Crippen LogP) is 3.06. The largest absolute Gasteiger partial charge is 0.369 e. The molecule has 2 aromatic carbocycles. The lowest BCUT2D eigenvalue weighted by atomic mass is 10.1. The number of carbonyl (C=O) groups is 2. The molecular weight excluding hydrogens is 400 g/mol. The van der Waals surface area contributed by atoms with E-state index in [9.17, 15) is 9.59 Å². The second kappa shape index (κ2) is 10.6. The number of aryl methyl sites for hydroxylation is 1. The normalized spacial score (nSPS) is 17.1. The molecule has 2 heterocycles. The van der Waals surface area contributed by atoms with Gasteiger partial charge < -0.3 is 15.1 Å². The summed E-state index contributed by atoms with van der Waals surface area (Å²) in [5.41, 5.74) is 4.36. The van der Waals surface area contributed by atoms with Crippen LogP contribution in [0.2, 0.25) is 0 Å². The van der Waals surface area contributed by atoms with Gasteiger partial charge in [-0.25, -0.2) is 0 Å². The molecule has 1 N–H and O–H groups in total. The van der Waals surface area contributed by atoms with Gasteiger partial charge in [0.05, 0.1) is 0 Å². The molecule has 0 unspecified atom stereocenters. The topological polar surface area (TPSA) is 55.9 Å². The summed E-state index contributed by atoms with van der Waals surface area (Å²) >= 11 is 0. The van der Waals surface area contributed by atoms with Gasteiger partial charge in [-0.05, 0) is 61.7 Å². The molecule has 6 nitrogen and oxygen atoms in total. The van der Waals surface area contributed by atoms with Gasteiger partial charge in [0, 0.05) is 63.5 Å². The Bertz CT molecular complexity index is 920. The van der Waals surface area contributed by atoms with Gasteiger partial charge in [-0.1, -0.05) is 24.3 Å². The summed E-state index contributed by atoms with van der Waals surface area (Å²) < 4.78 is 0. The maximum atomic E-state index is 12.4. The fraction of sp³-hybridized carbons (Fsp3) is 0.462. The fourth-order valence-corrected chi connectivity index (χ4v) is 4.51. The van der Waals surface area contributed by atoms with Crippen LogP contribution in [0.25, 0.3) is 0 Å². The molecule has 0 radical (unpaired) electrons. The van der Waals surface area contributed by atoms with Crippen molar-refractivity contribution < 1.29 is 9.59 Å². The maximum absolute atomic E-state index is 12.4. The minimum atomic E-state index is -0.0296. The number of piperazine rings is 1. The average molecular weight is 435 g/mol. The van der Waals surface area contributed by atoms with E-state index < -0.39 is 0 Å². The first-order valence-electron chi connectivity index (χ1n) is 11.8. The third kappa shape index (κ3) is 5.88. The van der Waals surface area contributed by atoms with Crippen LogP contribution in [0, 0.1) is 6.92 Å². The molecule has 170 valence electrons. The molecule has 6 heteroatoms. The molecule has 2 amide bonds. The lowest BCUT2D eigenvalue weighted by Gasteiger charge is -2.36. The van der Waals surface area contributed by atoms with E-state index >= 15 is 0 Å². The minimum absolute atomic E-state index is 0.0296. The molecule has 0 aliphatic carbocycles. The van der Waals surface area contributed by atoms with Gasteiger partial charge >= 0.3 is 0 Å². The van der Waals surface area contributed by atoms with Crippen LogP contribution >= 0.6 is 0 Å². The highest BCUT2D eigenvalue weighted by atomic mass is 16.2. The molecule has 2 saturated heterocycles. The Kier molecular flexibility index (Phi) is 7.43. The minimum Gasteiger partial charge on any atom is -0.369 e. The number of rotatable bonds is 8. The SMILES string of the molecule is Cc1cccc(N2CCN(CCCNC(=O)c3ccc(CN4CCCC4=O)cc3)CC2)c1. The van der Waals surface area contributed by atoms with E-state index in [1.165, 1.54) is 11.3 Å². The van der Waals surface area contributed by atoms with Crippen LogP contribution in [0.4, 0.5) is 5.69 Å². The van der Waals surface area contributed by atoms with Crippen molar-refractivity contribution in [1.29, 1.82) is 0 Å². The van der Waals surface area contributed by atoms with Gasteiger partial charge in [-0.2, -0.15) is 0 Å². The summed E-state index contributed by atoms with van der Waals surface area (Å²) in [6.07, 6.45) is 2.55. The number of benzene rings is 2. The highest BCUT2D eigenvalue weighted by Gasteiger charge is 2.20. The molecule has 32 heavy (non-hydrogen) atoms. The lowest BCUT2D eigenvalue weighted by Crippen LogP contribution is -2.47. The Balaban J connectivity index is 1.14. The molecule has 2 aromatic rings. The van der Waals surface area contributed by atoms with Crippen molar-refractivity contribution in [2.24, 2.45) is 0 Å². The summed E-state index contributed by atoms with van der Waals surface area (Å²) in [4.78, 5) is 31.0. The zero-order chi connectivity index (χ0) is 22.3. The number of nitrogens with one attached hydrogen (secondary N) is 1. The van der Waals surface area contributed by atoms with E-state index in [0.717, 1.165) is 57.7 Å². The number of carbonyl (C=O) groups excluding carboxylic acids is 2. The molecule has 0 bridgehead atoms. The summed E-state index contributed by atoms with van der Waals surface area (Å²) in [6, 6.07) is 16.3. The van der Waals surface area contributed by atoms with Crippen molar-refractivity contribution in [1.82, 2.24) is 15.1 Å². The first kappa shape index (κ1) is 22.3. The number of hydrogen-bond donors (Lipinski definition) is 1. The Morgan fingerprint density at radius 3 is 2.47 bits per heavy atom. The molecule has 0 aromatic heterocycles. The molecule has 2 aliphatic rings. The number of likely N-dealkylation sites (tertiary alicyclic amines) is 1. The van der Waals surface area contributed by atoms with Crippen molar-refractivity contribution >= 4 is 17.5 Å². The Morgan fingerprint density at radius 1 is 1.00 bits per heavy atom. The van der Waals surface area contributed by atoms with Crippen LogP contribution in [-0.2, 0) is 11.3 Å². The molecule has 2 fully saturated rings. The van der Waals surface area contributed by atoms with E-state index in [2.05, 4.69) is 46.3 Å². The number of amides is 2. The predicted molar refractivity (Wildman–Crippen MR) is 128 cm³/mol. The molecule has 4 rings (SSSR count). The number of anilines is 1. The van der Waals surface area contributed by atoms with E-state index in [-0.39, 0.29) is 11.8 Å². The van der Waals surface area contributed by atoms with Gasteiger partial charge in [0.25, 0.3) is 5.91 Å². The van der Waals surface area contributed by atoms with E-state index in [1.807, 2.05) is 29.2 Å². The van der Waals surface area contributed by atoms with Crippen molar-refractivity contribution in [3.8, 4) is 0 Å². The van der Waals surface area contributed by atoms with Gasteiger partial charge in [-0.3, -0.25) is 14.5 Å². The molecule has 0 saturated carbocycles. The Hall–Kier alpha value is -2.86. The standard InChI is InChI=1S/C26H34N4O2/c1-21-5-2-6-24(19-21)29-17-15-28(16-18-29)13-4-12-27-26(32)23-10-8-22(9-11-23)20-30-14-3-7-25(30)31/h2,5-6,8-11,19H,3-4,7,12-18,20H2,1H3,(H,27,32). The molecule has 0 spiro atoms. The van der Waals surface area contributed by atoms with Crippen molar-refractivity contribution in [2.45, 2.75) is 32.7 Å². The van der Waals surface area contributed by atoms with Gasteiger partial charge in [0.15, 0.2) is 0 Å². The summed E-state index contributed by atoms with van der Waals surface area (Å²) in [7, 11) is 0. The average Bonchev–Trinajstić information content (AvgIpc) is 3.21. The van der Waals surface area contributed by atoms with Crippen molar-refractivity contribution in [3.05, 3.63) is 65.2 Å². The zero-order valence-corrected chi connectivity index (χ0v) is 19.1. The second-order valence-electron chi connectivity index (χ2n) is 8.89. The fourth-order valence-electron chi connectivity index (χ4n) is 4.51. The second-order valence-corrected chi connectivity index (χ2v) is 8.89. The highest BCUT2D eigenvalue weighted by molar-refractivity contribution is 5.94. The number of hydrogen-bond acceptors (Lipinski definition) is 4. The van der Waals surface area contributed by atoms with Crippen LogP contribution in [0.3, 0.4) is 0 Å². The number of nitrogens with zero attached hydrogens (tertiary/aromatic N) is 3. The van der Waals surface area contributed by atoms with E-state index in [1.54, 1.807) is 0 Å². The van der Waals surface area contributed by atoms with Crippen LogP contribution in [0.1, 0.15) is 40.7 Å². The molecule has 0 atom stereocenters. The van der Waals surface area contributed by atoms with Crippen LogP contribution in [0.5, 0.6) is 0 Å². The maximum Gasteiger partial charge on any atom is 0.251 e. The monoisotopic (exact) mass is 434 g/mol. The molecule has 2 aliphatic heterocycles. The highest BCUT2D eigenvalue weighted by Crippen LogP contribution is 2.18. The Morgan fingerprint density at radius 2 is 1.78 bits per heavy atom. The van der Waals surface area contributed by atoms with Gasteiger partial charge in [-0.15, -0.1) is 0 Å². The summed E-state index contributed by atoms with van der Waals surface area (Å²) in [5.74, 6) is 0.196. The van der Waals surface area contributed by atoms with Gasteiger partial charge in [0.1, 0.15) is 0 Å².